The molecule has 8 heteroatoms. The van der Waals surface area contributed by atoms with Crippen LogP contribution in [0.1, 0.15) is 11.8 Å². The van der Waals surface area contributed by atoms with Crippen LogP contribution in [-0.2, 0) is 10.0 Å². The van der Waals surface area contributed by atoms with Crippen molar-refractivity contribution < 1.29 is 8.42 Å². The largest absolute Gasteiger partial charge is 0.312 e. The fourth-order valence-electron chi connectivity index (χ4n) is 1.94. The minimum Gasteiger partial charge on any atom is -0.312 e. The second kappa shape index (κ2) is 6.19. The molecule has 0 unspecified atom stereocenters. The number of halogens is 2. The average Bonchev–Trinajstić information content (AvgIpc) is 2.58. The number of rotatable bonds is 2. The van der Waals surface area contributed by atoms with Crippen molar-refractivity contribution in [3.63, 3.8) is 0 Å². The van der Waals surface area contributed by atoms with Gasteiger partial charge >= 0.3 is 0 Å². The van der Waals surface area contributed by atoms with Crippen LogP contribution in [0.5, 0.6) is 0 Å². The standard InChI is InChI=1S/C10H15BrN2O2S2.ClH/c1-7-6-13(4-3-12-7)17(14,15)9-5-10(11)16-8(9)2;/h5,7,12H,3-4,6H2,1-2H3;1H/t7-;/m0./s1. The number of nitrogens with one attached hydrogen (secondary N) is 1. The van der Waals surface area contributed by atoms with Crippen LogP contribution in [0.15, 0.2) is 14.7 Å². The highest BCUT2D eigenvalue weighted by Crippen LogP contribution is 2.31. The van der Waals surface area contributed by atoms with E-state index in [4.69, 9.17) is 0 Å². The second-order valence-electron chi connectivity index (χ2n) is 4.19. The van der Waals surface area contributed by atoms with Gasteiger partial charge in [-0.2, -0.15) is 4.31 Å². The minimum atomic E-state index is -3.33. The van der Waals surface area contributed by atoms with Crippen molar-refractivity contribution in [2.45, 2.75) is 24.8 Å². The molecule has 1 N–H and O–H groups in total. The van der Waals surface area contributed by atoms with E-state index in [1.807, 2.05) is 13.8 Å². The van der Waals surface area contributed by atoms with Gasteiger partial charge in [0.15, 0.2) is 0 Å². The Hall–Kier alpha value is 0.340. The van der Waals surface area contributed by atoms with Crippen LogP contribution in [0.2, 0.25) is 0 Å². The van der Waals surface area contributed by atoms with E-state index in [-0.39, 0.29) is 18.4 Å². The molecule has 0 saturated carbocycles. The molecule has 1 fully saturated rings. The Morgan fingerprint density at radius 1 is 1.56 bits per heavy atom. The fraction of sp³-hybridized carbons (Fsp3) is 0.600. The monoisotopic (exact) mass is 374 g/mol. The van der Waals surface area contributed by atoms with Gasteiger partial charge in [-0.05, 0) is 35.8 Å². The van der Waals surface area contributed by atoms with Gasteiger partial charge in [-0.25, -0.2) is 8.42 Å². The zero-order chi connectivity index (χ0) is 12.6. The number of nitrogens with zero attached hydrogens (tertiary/aromatic N) is 1. The Balaban J connectivity index is 0.00000162. The number of hydrogen-bond donors (Lipinski definition) is 1. The summed E-state index contributed by atoms with van der Waals surface area (Å²) in [6.45, 7) is 5.63. The van der Waals surface area contributed by atoms with E-state index in [0.717, 1.165) is 8.66 Å². The fourth-order valence-corrected chi connectivity index (χ4v) is 5.85. The van der Waals surface area contributed by atoms with Crippen molar-refractivity contribution in [1.29, 1.82) is 0 Å². The third-order valence-corrected chi connectivity index (χ3v) is 6.47. The number of aryl methyl sites for hydroxylation is 1. The zero-order valence-electron chi connectivity index (χ0n) is 10.1. The number of sulfonamides is 1. The molecule has 104 valence electrons. The Morgan fingerprint density at radius 2 is 2.22 bits per heavy atom. The number of thiophene rings is 1. The molecule has 2 heterocycles. The smallest absolute Gasteiger partial charge is 0.244 e. The Bertz CT molecular complexity index is 518. The van der Waals surface area contributed by atoms with Crippen LogP contribution in [0.4, 0.5) is 0 Å². The molecule has 1 aromatic heterocycles. The second-order valence-corrected chi connectivity index (χ2v) is 8.73. The number of piperazine rings is 1. The zero-order valence-corrected chi connectivity index (χ0v) is 14.2. The van der Waals surface area contributed by atoms with Crippen molar-refractivity contribution in [2.24, 2.45) is 0 Å². The van der Waals surface area contributed by atoms with E-state index in [2.05, 4.69) is 21.2 Å². The molecule has 1 aliphatic rings. The van der Waals surface area contributed by atoms with Crippen molar-refractivity contribution in [3.05, 3.63) is 14.7 Å². The summed E-state index contributed by atoms with van der Waals surface area (Å²) in [6, 6.07) is 1.91. The summed E-state index contributed by atoms with van der Waals surface area (Å²) in [7, 11) is -3.33. The first-order valence-corrected chi connectivity index (χ1v) is 8.45. The van der Waals surface area contributed by atoms with Gasteiger partial charge in [-0.15, -0.1) is 23.7 Å². The molecular formula is C10H16BrClN2O2S2. The maximum Gasteiger partial charge on any atom is 0.244 e. The Kier molecular flexibility index (Phi) is 5.64. The summed E-state index contributed by atoms with van der Waals surface area (Å²) in [5.41, 5.74) is 0. The van der Waals surface area contributed by atoms with E-state index < -0.39 is 10.0 Å². The van der Waals surface area contributed by atoms with Crippen LogP contribution in [0.3, 0.4) is 0 Å². The highest BCUT2D eigenvalue weighted by molar-refractivity contribution is 9.11. The molecule has 0 radical (unpaired) electrons. The molecule has 0 aliphatic carbocycles. The Labute approximate surface area is 126 Å². The molecule has 0 amide bonds. The summed E-state index contributed by atoms with van der Waals surface area (Å²) < 4.78 is 27.3. The summed E-state index contributed by atoms with van der Waals surface area (Å²) in [5, 5.41) is 3.24. The molecule has 0 aromatic carbocycles. The average molecular weight is 376 g/mol. The maximum atomic E-state index is 12.5. The van der Waals surface area contributed by atoms with Gasteiger partial charge in [0.2, 0.25) is 10.0 Å². The molecular weight excluding hydrogens is 360 g/mol. The van der Waals surface area contributed by atoms with Gasteiger partial charge in [0.1, 0.15) is 0 Å². The van der Waals surface area contributed by atoms with Gasteiger partial charge in [0.05, 0.1) is 8.68 Å². The van der Waals surface area contributed by atoms with Gasteiger partial charge in [-0.1, -0.05) is 0 Å². The highest BCUT2D eigenvalue weighted by atomic mass is 79.9. The summed E-state index contributed by atoms with van der Waals surface area (Å²) in [6.07, 6.45) is 0. The first-order chi connectivity index (χ1) is 7.91. The first-order valence-electron chi connectivity index (χ1n) is 5.40. The van der Waals surface area contributed by atoms with Gasteiger partial charge in [0.25, 0.3) is 0 Å². The predicted octanol–water partition coefficient (Wildman–Crippen LogP) is 2.22. The van der Waals surface area contributed by atoms with Crippen LogP contribution < -0.4 is 5.32 Å². The number of hydrogen-bond acceptors (Lipinski definition) is 4. The van der Waals surface area contributed by atoms with E-state index >= 15 is 0 Å². The van der Waals surface area contributed by atoms with E-state index in [0.29, 0.717) is 24.5 Å². The SMILES string of the molecule is Cc1sc(Br)cc1S(=O)(=O)N1CCN[C@@H](C)C1.Cl. The van der Waals surface area contributed by atoms with Crippen molar-refractivity contribution in [3.8, 4) is 0 Å². The van der Waals surface area contributed by atoms with Crippen LogP contribution in [-0.4, -0.2) is 38.4 Å². The minimum absolute atomic E-state index is 0. The summed E-state index contributed by atoms with van der Waals surface area (Å²) in [4.78, 5) is 1.27. The van der Waals surface area contributed by atoms with E-state index in [1.54, 1.807) is 10.4 Å². The predicted molar refractivity (Wildman–Crippen MR) is 80.2 cm³/mol. The molecule has 0 spiro atoms. The van der Waals surface area contributed by atoms with E-state index in [1.165, 1.54) is 11.3 Å². The normalized spacial score (nSPS) is 21.6. The van der Waals surface area contributed by atoms with Gasteiger partial charge in [-0.3, -0.25) is 0 Å². The third kappa shape index (κ3) is 3.26. The maximum absolute atomic E-state index is 12.5. The molecule has 4 nitrogen and oxygen atoms in total. The lowest BCUT2D eigenvalue weighted by molar-refractivity contribution is 0.310. The lowest BCUT2D eigenvalue weighted by Crippen LogP contribution is -2.51. The summed E-state index contributed by atoms with van der Waals surface area (Å²) in [5.74, 6) is 0. The molecule has 1 saturated heterocycles. The first kappa shape index (κ1) is 16.4. The molecule has 1 atom stereocenters. The lowest BCUT2D eigenvalue weighted by atomic mass is 10.3. The lowest BCUT2D eigenvalue weighted by Gasteiger charge is -2.30. The van der Waals surface area contributed by atoms with Gasteiger partial charge < -0.3 is 5.32 Å². The van der Waals surface area contributed by atoms with Crippen LogP contribution in [0, 0.1) is 6.92 Å². The molecule has 1 aliphatic heterocycles. The molecule has 0 bridgehead atoms. The van der Waals surface area contributed by atoms with E-state index in [9.17, 15) is 8.42 Å². The molecule has 2 rings (SSSR count). The Morgan fingerprint density at radius 3 is 2.72 bits per heavy atom. The van der Waals surface area contributed by atoms with Gasteiger partial charge in [0, 0.05) is 30.6 Å². The van der Waals surface area contributed by atoms with Crippen LogP contribution >= 0.6 is 39.7 Å². The summed E-state index contributed by atoms with van der Waals surface area (Å²) >= 11 is 4.79. The van der Waals surface area contributed by atoms with Crippen molar-refractivity contribution in [2.75, 3.05) is 19.6 Å². The highest BCUT2D eigenvalue weighted by Gasteiger charge is 2.30. The quantitative estimate of drug-likeness (QED) is 0.862. The van der Waals surface area contributed by atoms with Crippen LogP contribution in [0.25, 0.3) is 0 Å². The van der Waals surface area contributed by atoms with Crippen molar-refractivity contribution >= 4 is 49.7 Å². The molecule has 18 heavy (non-hydrogen) atoms. The topological polar surface area (TPSA) is 49.4 Å². The third-order valence-electron chi connectivity index (χ3n) is 2.79. The van der Waals surface area contributed by atoms with Crippen molar-refractivity contribution in [1.82, 2.24) is 9.62 Å². The molecule has 1 aromatic rings.